The molecule has 0 aliphatic carbocycles. The van der Waals surface area contributed by atoms with Crippen molar-refractivity contribution < 1.29 is 14.3 Å². The maximum atomic E-state index is 13.5. The van der Waals surface area contributed by atoms with Crippen LogP contribution < -0.4 is 4.74 Å². The lowest BCUT2D eigenvalue weighted by atomic mass is 9.95. The molecule has 0 amide bonds. The number of benzene rings is 2. The van der Waals surface area contributed by atoms with E-state index < -0.39 is 5.92 Å². The third-order valence-electron chi connectivity index (χ3n) is 6.29. The average Bonchev–Trinajstić information content (AvgIpc) is 3.18. The number of thioether (sulfide) groups is 1. The number of ether oxygens (including phenoxy) is 2. The van der Waals surface area contributed by atoms with Crippen LogP contribution in [-0.4, -0.2) is 26.9 Å². The topological polar surface area (TPSA) is 53.4 Å². The Morgan fingerprint density at radius 1 is 1.05 bits per heavy atom. The van der Waals surface area contributed by atoms with Crippen LogP contribution in [0.2, 0.25) is 0 Å². The number of nitrogens with zero attached hydrogens (tertiary/aromatic N) is 2. The number of carbonyl (C=O) groups is 1. The van der Waals surface area contributed by atoms with Gasteiger partial charge in [-0.2, -0.15) is 0 Å². The first-order chi connectivity index (χ1) is 18.2. The Balaban J connectivity index is 1.82. The summed E-state index contributed by atoms with van der Waals surface area (Å²) in [5, 5.41) is 1.10. The molecule has 0 saturated carbocycles. The molecule has 0 saturated heterocycles. The number of rotatable bonds is 10. The van der Waals surface area contributed by atoms with E-state index in [1.165, 1.54) is 0 Å². The van der Waals surface area contributed by atoms with E-state index in [1.807, 2.05) is 56.4 Å². The Morgan fingerprint density at radius 2 is 1.82 bits per heavy atom. The normalized spacial score (nSPS) is 12.5. The van der Waals surface area contributed by atoms with Crippen molar-refractivity contribution in [3.8, 4) is 5.75 Å². The number of hydrogen-bond acceptors (Lipinski definition) is 5. The smallest absolute Gasteiger partial charge is 0.315 e. The van der Waals surface area contributed by atoms with Gasteiger partial charge in [-0.3, -0.25) is 9.78 Å². The molecule has 0 aliphatic rings. The molecule has 4 rings (SSSR count). The molecule has 1 unspecified atom stereocenters. The Morgan fingerprint density at radius 3 is 2.45 bits per heavy atom. The largest absolute Gasteiger partial charge is 0.487 e. The predicted molar refractivity (Wildman–Crippen MR) is 156 cm³/mol. The number of carbonyl (C=O) groups excluding carboxylic acids is 1. The van der Waals surface area contributed by atoms with Crippen molar-refractivity contribution in [1.29, 1.82) is 0 Å². The van der Waals surface area contributed by atoms with Gasteiger partial charge in [0, 0.05) is 39.0 Å². The van der Waals surface area contributed by atoms with E-state index in [-0.39, 0.29) is 10.7 Å². The minimum atomic E-state index is -0.421. The summed E-state index contributed by atoms with van der Waals surface area (Å²) >= 11 is 1.80. The minimum absolute atomic E-state index is 0.0593. The van der Waals surface area contributed by atoms with Crippen molar-refractivity contribution in [3.05, 3.63) is 89.4 Å². The van der Waals surface area contributed by atoms with Gasteiger partial charge in [0.2, 0.25) is 0 Å². The predicted octanol–water partition coefficient (Wildman–Crippen LogP) is 7.72. The summed E-state index contributed by atoms with van der Waals surface area (Å²) in [5.41, 5.74) is 5.23. The Hall–Kier alpha value is -3.25. The summed E-state index contributed by atoms with van der Waals surface area (Å²) in [4.78, 5) is 19.1. The van der Waals surface area contributed by atoms with E-state index in [1.54, 1.807) is 11.8 Å². The van der Waals surface area contributed by atoms with E-state index >= 15 is 0 Å². The van der Waals surface area contributed by atoms with Crippen LogP contribution in [0.15, 0.2) is 71.8 Å². The first kappa shape index (κ1) is 27.8. The van der Waals surface area contributed by atoms with E-state index in [2.05, 4.69) is 61.5 Å². The lowest BCUT2D eigenvalue weighted by Gasteiger charge is -2.23. The molecule has 1 atom stereocenters. The summed E-state index contributed by atoms with van der Waals surface area (Å²) < 4.78 is 14.0. The molecule has 0 fully saturated rings. The molecule has 5 nitrogen and oxygen atoms in total. The first-order valence-corrected chi connectivity index (χ1v) is 14.1. The molecule has 38 heavy (non-hydrogen) atoms. The van der Waals surface area contributed by atoms with Crippen LogP contribution >= 0.6 is 11.8 Å². The summed E-state index contributed by atoms with van der Waals surface area (Å²) in [6.45, 7) is 14.1. The van der Waals surface area contributed by atoms with Crippen molar-refractivity contribution in [2.45, 2.75) is 76.7 Å². The number of aromatic nitrogens is 2. The molecule has 0 radical (unpaired) electrons. The molecule has 0 N–H and O–H groups in total. The zero-order chi connectivity index (χ0) is 27.3. The van der Waals surface area contributed by atoms with Crippen LogP contribution in [0.25, 0.3) is 10.9 Å². The highest BCUT2D eigenvalue weighted by molar-refractivity contribution is 8.00. The standard InChI is InChI=1S/C32H38N2O3S/c1-7-34-28-17-16-25(37-21-24-15-14-22(3)20-33-24)19-26(28)30(38-32(4,5)6)29(34)27(31(35)36-8-2)18-23-12-10-9-11-13-23/h9-17,19-20,27H,7-8,18,21H2,1-6H3. The number of aryl methyl sites for hydroxylation is 2. The zero-order valence-corrected chi connectivity index (χ0v) is 24.1. The highest BCUT2D eigenvalue weighted by atomic mass is 32.2. The number of fused-ring (bicyclic) bond motifs is 1. The van der Waals surface area contributed by atoms with Gasteiger partial charge in [-0.1, -0.05) is 57.2 Å². The third-order valence-corrected chi connectivity index (χ3v) is 7.54. The molecular formula is C32H38N2O3S. The van der Waals surface area contributed by atoms with Crippen molar-refractivity contribution >= 4 is 28.6 Å². The van der Waals surface area contributed by atoms with Crippen LogP contribution in [0.1, 0.15) is 63.1 Å². The fourth-order valence-corrected chi connectivity index (χ4v) is 5.88. The van der Waals surface area contributed by atoms with E-state index in [0.717, 1.165) is 50.6 Å². The lowest BCUT2D eigenvalue weighted by molar-refractivity contribution is -0.145. The Bertz CT molecular complexity index is 1370. The monoisotopic (exact) mass is 530 g/mol. The Kier molecular flexibility index (Phi) is 8.83. The van der Waals surface area contributed by atoms with E-state index in [0.29, 0.717) is 19.6 Å². The van der Waals surface area contributed by atoms with Crippen molar-refractivity contribution in [2.24, 2.45) is 0 Å². The van der Waals surface area contributed by atoms with Crippen LogP contribution in [-0.2, 0) is 29.1 Å². The molecule has 6 heteroatoms. The van der Waals surface area contributed by atoms with Crippen molar-refractivity contribution in [3.63, 3.8) is 0 Å². The summed E-state index contributed by atoms with van der Waals surface area (Å²) in [6, 6.07) is 20.5. The van der Waals surface area contributed by atoms with Crippen LogP contribution in [0, 0.1) is 6.92 Å². The SMILES string of the molecule is CCOC(=O)C(Cc1ccccc1)c1c(SC(C)(C)C)c2cc(OCc3ccc(C)cn3)ccc2n1CC. The number of hydrogen-bond donors (Lipinski definition) is 0. The van der Waals surface area contributed by atoms with Gasteiger partial charge >= 0.3 is 5.97 Å². The van der Waals surface area contributed by atoms with Gasteiger partial charge in [-0.05, 0) is 62.6 Å². The second-order valence-corrected chi connectivity index (χ2v) is 12.3. The fraction of sp³-hybridized carbons (Fsp3) is 0.375. The van der Waals surface area contributed by atoms with Crippen molar-refractivity contribution in [1.82, 2.24) is 9.55 Å². The molecule has 0 spiro atoms. The second kappa shape index (κ2) is 12.1. The quantitative estimate of drug-likeness (QED) is 0.155. The van der Waals surface area contributed by atoms with Gasteiger partial charge in [-0.15, -0.1) is 11.8 Å². The fourth-order valence-electron chi connectivity index (χ4n) is 4.64. The summed E-state index contributed by atoms with van der Waals surface area (Å²) in [7, 11) is 0. The third kappa shape index (κ3) is 6.60. The van der Waals surface area contributed by atoms with Gasteiger partial charge in [0.05, 0.1) is 12.3 Å². The van der Waals surface area contributed by atoms with Crippen LogP contribution in [0.4, 0.5) is 0 Å². The van der Waals surface area contributed by atoms with Gasteiger partial charge in [0.25, 0.3) is 0 Å². The number of esters is 1. The molecule has 0 bridgehead atoms. The molecular weight excluding hydrogens is 492 g/mol. The van der Waals surface area contributed by atoms with Gasteiger partial charge in [0.1, 0.15) is 18.3 Å². The van der Waals surface area contributed by atoms with Gasteiger partial charge in [0.15, 0.2) is 0 Å². The Labute approximate surface area is 230 Å². The molecule has 2 heterocycles. The molecule has 4 aromatic rings. The minimum Gasteiger partial charge on any atom is -0.487 e. The zero-order valence-electron chi connectivity index (χ0n) is 23.3. The van der Waals surface area contributed by atoms with Crippen LogP contribution in [0.5, 0.6) is 5.75 Å². The lowest BCUT2D eigenvalue weighted by Crippen LogP contribution is -2.22. The maximum Gasteiger partial charge on any atom is 0.315 e. The summed E-state index contributed by atoms with van der Waals surface area (Å²) in [6.07, 6.45) is 2.44. The van der Waals surface area contributed by atoms with E-state index in [4.69, 9.17) is 9.47 Å². The van der Waals surface area contributed by atoms with Crippen molar-refractivity contribution in [2.75, 3.05) is 6.61 Å². The van der Waals surface area contributed by atoms with E-state index in [9.17, 15) is 4.79 Å². The first-order valence-electron chi connectivity index (χ1n) is 13.3. The second-order valence-electron chi connectivity index (χ2n) is 10.5. The van der Waals surface area contributed by atoms with Crippen LogP contribution in [0.3, 0.4) is 0 Å². The van der Waals surface area contributed by atoms with Gasteiger partial charge in [-0.25, -0.2) is 0 Å². The van der Waals surface area contributed by atoms with Gasteiger partial charge < -0.3 is 14.0 Å². The molecule has 2 aromatic carbocycles. The number of pyridine rings is 1. The maximum absolute atomic E-state index is 13.5. The molecule has 200 valence electrons. The highest BCUT2D eigenvalue weighted by Crippen LogP contribution is 2.45. The average molecular weight is 531 g/mol. The highest BCUT2D eigenvalue weighted by Gasteiger charge is 2.32. The summed E-state index contributed by atoms with van der Waals surface area (Å²) in [5.74, 6) is 0.174. The molecule has 2 aromatic heterocycles. The molecule has 0 aliphatic heterocycles.